The lowest BCUT2D eigenvalue weighted by Gasteiger charge is -2.36. The van der Waals surface area contributed by atoms with E-state index < -0.39 is 0 Å². The summed E-state index contributed by atoms with van der Waals surface area (Å²) < 4.78 is 5.56. The monoisotopic (exact) mass is 308 g/mol. The molecule has 0 N–H and O–H groups in total. The standard InChI is InChI=1S/C14H16N2O2S2/c1-9-6-18-10(2)5-16(9)14(17)12-8-20-13(15-12)11-3-4-19-7-11/h3-4,7-10H,5-6H2,1-2H3/t9-,10+/m1/s1. The third kappa shape index (κ3) is 2.63. The van der Waals surface area contributed by atoms with E-state index in [9.17, 15) is 4.79 Å². The van der Waals surface area contributed by atoms with Crippen LogP contribution in [-0.4, -0.2) is 41.1 Å². The minimum absolute atomic E-state index is 0.00498. The number of hydrogen-bond donors (Lipinski definition) is 0. The van der Waals surface area contributed by atoms with E-state index in [-0.39, 0.29) is 18.1 Å². The van der Waals surface area contributed by atoms with E-state index in [1.807, 2.05) is 41.0 Å². The van der Waals surface area contributed by atoms with Gasteiger partial charge in [0, 0.05) is 22.9 Å². The average Bonchev–Trinajstić information content (AvgIpc) is 3.10. The molecule has 2 atom stereocenters. The third-order valence-electron chi connectivity index (χ3n) is 3.36. The van der Waals surface area contributed by atoms with E-state index >= 15 is 0 Å². The third-order valence-corrected chi connectivity index (χ3v) is 4.93. The van der Waals surface area contributed by atoms with E-state index in [0.29, 0.717) is 18.8 Å². The summed E-state index contributed by atoms with van der Waals surface area (Å²) in [5.74, 6) is 0.00498. The molecule has 3 heterocycles. The maximum atomic E-state index is 12.6. The number of carbonyl (C=O) groups excluding carboxylic acids is 1. The van der Waals surface area contributed by atoms with Crippen molar-refractivity contribution >= 4 is 28.6 Å². The number of hydrogen-bond acceptors (Lipinski definition) is 5. The Balaban J connectivity index is 1.80. The Morgan fingerprint density at radius 1 is 1.45 bits per heavy atom. The molecule has 2 aromatic rings. The summed E-state index contributed by atoms with van der Waals surface area (Å²) in [4.78, 5) is 18.9. The number of aromatic nitrogens is 1. The second-order valence-electron chi connectivity index (χ2n) is 5.00. The summed E-state index contributed by atoms with van der Waals surface area (Å²) in [6.45, 7) is 5.22. The molecule has 1 saturated heterocycles. The Morgan fingerprint density at radius 3 is 3.05 bits per heavy atom. The number of amides is 1. The van der Waals surface area contributed by atoms with Gasteiger partial charge in [0.25, 0.3) is 5.91 Å². The van der Waals surface area contributed by atoms with E-state index in [1.54, 1.807) is 11.3 Å². The van der Waals surface area contributed by atoms with Crippen LogP contribution in [0.3, 0.4) is 0 Å². The molecular weight excluding hydrogens is 292 g/mol. The lowest BCUT2D eigenvalue weighted by molar-refractivity contribution is -0.0388. The van der Waals surface area contributed by atoms with Crippen molar-refractivity contribution in [3.63, 3.8) is 0 Å². The number of thiazole rings is 1. The molecule has 1 fully saturated rings. The molecule has 1 aliphatic rings. The van der Waals surface area contributed by atoms with Crippen molar-refractivity contribution in [1.82, 2.24) is 9.88 Å². The van der Waals surface area contributed by atoms with E-state index in [4.69, 9.17) is 4.74 Å². The fourth-order valence-corrected chi connectivity index (χ4v) is 3.73. The van der Waals surface area contributed by atoms with Crippen LogP contribution in [0.1, 0.15) is 24.3 Å². The number of nitrogens with zero attached hydrogens (tertiary/aromatic N) is 2. The predicted molar refractivity (Wildman–Crippen MR) is 81.3 cm³/mol. The topological polar surface area (TPSA) is 42.4 Å². The molecule has 1 aliphatic heterocycles. The van der Waals surface area contributed by atoms with Crippen LogP contribution in [0.5, 0.6) is 0 Å². The van der Waals surface area contributed by atoms with Gasteiger partial charge in [0.05, 0.1) is 18.8 Å². The van der Waals surface area contributed by atoms with Gasteiger partial charge in [-0.15, -0.1) is 11.3 Å². The fraction of sp³-hybridized carbons (Fsp3) is 0.429. The van der Waals surface area contributed by atoms with Gasteiger partial charge in [-0.3, -0.25) is 4.79 Å². The average molecular weight is 308 g/mol. The number of ether oxygens (including phenoxy) is 1. The number of rotatable bonds is 2. The summed E-state index contributed by atoms with van der Waals surface area (Å²) >= 11 is 3.15. The second kappa shape index (κ2) is 5.63. The highest BCUT2D eigenvalue weighted by molar-refractivity contribution is 7.14. The zero-order valence-corrected chi connectivity index (χ0v) is 13.0. The van der Waals surface area contributed by atoms with Gasteiger partial charge in [-0.25, -0.2) is 4.98 Å². The van der Waals surface area contributed by atoms with Gasteiger partial charge >= 0.3 is 0 Å². The van der Waals surface area contributed by atoms with Crippen LogP contribution in [0.2, 0.25) is 0 Å². The van der Waals surface area contributed by atoms with Crippen LogP contribution < -0.4 is 0 Å². The molecule has 0 saturated carbocycles. The largest absolute Gasteiger partial charge is 0.375 e. The van der Waals surface area contributed by atoms with Gasteiger partial charge in [-0.1, -0.05) is 0 Å². The van der Waals surface area contributed by atoms with E-state index in [0.717, 1.165) is 10.6 Å². The first-order valence-corrected chi connectivity index (χ1v) is 8.38. The van der Waals surface area contributed by atoms with Crippen molar-refractivity contribution < 1.29 is 9.53 Å². The Kier molecular flexibility index (Phi) is 3.87. The molecule has 106 valence electrons. The smallest absolute Gasteiger partial charge is 0.273 e. The molecule has 6 heteroatoms. The lowest BCUT2D eigenvalue weighted by Crippen LogP contribution is -2.50. The van der Waals surface area contributed by atoms with Gasteiger partial charge in [0.1, 0.15) is 10.7 Å². The summed E-state index contributed by atoms with van der Waals surface area (Å²) in [6, 6.07) is 2.13. The summed E-state index contributed by atoms with van der Waals surface area (Å²) in [5, 5.41) is 6.82. The van der Waals surface area contributed by atoms with Gasteiger partial charge in [-0.05, 0) is 25.3 Å². The van der Waals surface area contributed by atoms with Gasteiger partial charge in [-0.2, -0.15) is 11.3 Å². The van der Waals surface area contributed by atoms with Crippen LogP contribution in [0.15, 0.2) is 22.2 Å². The van der Waals surface area contributed by atoms with Crippen LogP contribution in [0.25, 0.3) is 10.6 Å². The Hall–Kier alpha value is -1.24. The number of carbonyl (C=O) groups is 1. The summed E-state index contributed by atoms with van der Waals surface area (Å²) in [6.07, 6.45) is 0.0881. The van der Waals surface area contributed by atoms with Crippen LogP contribution in [0, 0.1) is 0 Å². The molecule has 0 aromatic carbocycles. The van der Waals surface area contributed by atoms with Crippen molar-refractivity contribution in [1.29, 1.82) is 0 Å². The molecule has 0 radical (unpaired) electrons. The van der Waals surface area contributed by atoms with Crippen LogP contribution >= 0.6 is 22.7 Å². The minimum Gasteiger partial charge on any atom is -0.375 e. The molecule has 20 heavy (non-hydrogen) atoms. The molecule has 4 nitrogen and oxygen atoms in total. The molecule has 3 rings (SSSR count). The van der Waals surface area contributed by atoms with Crippen molar-refractivity contribution in [2.75, 3.05) is 13.2 Å². The zero-order chi connectivity index (χ0) is 14.1. The first-order valence-electron chi connectivity index (χ1n) is 6.56. The molecule has 0 bridgehead atoms. The first-order chi connectivity index (χ1) is 9.65. The molecule has 0 spiro atoms. The fourth-order valence-electron chi connectivity index (χ4n) is 2.22. The molecule has 2 aromatic heterocycles. The van der Waals surface area contributed by atoms with Crippen LogP contribution in [0.4, 0.5) is 0 Å². The summed E-state index contributed by atoms with van der Waals surface area (Å²) in [7, 11) is 0. The normalized spacial score (nSPS) is 23.0. The summed E-state index contributed by atoms with van der Waals surface area (Å²) in [5.41, 5.74) is 1.62. The SMILES string of the molecule is C[C@@H]1CO[C@@H](C)CN1C(=O)c1csc(-c2ccsc2)n1. The highest BCUT2D eigenvalue weighted by atomic mass is 32.1. The molecule has 1 amide bonds. The minimum atomic E-state index is 0.00498. The zero-order valence-electron chi connectivity index (χ0n) is 11.4. The highest BCUT2D eigenvalue weighted by Crippen LogP contribution is 2.26. The maximum Gasteiger partial charge on any atom is 0.273 e. The molecule has 0 unspecified atom stereocenters. The van der Waals surface area contributed by atoms with Crippen molar-refractivity contribution in [3.05, 3.63) is 27.9 Å². The molecule has 0 aliphatic carbocycles. The second-order valence-corrected chi connectivity index (χ2v) is 6.64. The number of thiophene rings is 1. The number of morpholine rings is 1. The van der Waals surface area contributed by atoms with Gasteiger partial charge in [0.15, 0.2) is 0 Å². The Bertz CT molecular complexity index is 594. The maximum absolute atomic E-state index is 12.6. The Labute approximate surface area is 126 Å². The molecular formula is C14H16N2O2S2. The lowest BCUT2D eigenvalue weighted by atomic mass is 10.2. The van der Waals surface area contributed by atoms with Crippen LogP contribution in [-0.2, 0) is 4.74 Å². The van der Waals surface area contributed by atoms with E-state index in [1.165, 1.54) is 11.3 Å². The predicted octanol–water partition coefficient (Wildman–Crippen LogP) is 3.12. The Morgan fingerprint density at radius 2 is 2.30 bits per heavy atom. The van der Waals surface area contributed by atoms with E-state index in [2.05, 4.69) is 4.98 Å². The quantitative estimate of drug-likeness (QED) is 0.856. The van der Waals surface area contributed by atoms with Crippen molar-refractivity contribution in [2.45, 2.75) is 26.0 Å². The highest BCUT2D eigenvalue weighted by Gasteiger charge is 2.29. The van der Waals surface area contributed by atoms with Crippen molar-refractivity contribution in [3.8, 4) is 10.6 Å². The first kappa shape index (κ1) is 13.7. The van der Waals surface area contributed by atoms with Gasteiger partial charge < -0.3 is 9.64 Å². The van der Waals surface area contributed by atoms with Crippen molar-refractivity contribution in [2.24, 2.45) is 0 Å². The van der Waals surface area contributed by atoms with Gasteiger partial charge in [0.2, 0.25) is 0 Å².